The molecule has 3 nitrogen and oxygen atoms in total. The summed E-state index contributed by atoms with van der Waals surface area (Å²) >= 11 is 0. The van der Waals surface area contributed by atoms with Crippen molar-refractivity contribution >= 4 is 5.91 Å². The summed E-state index contributed by atoms with van der Waals surface area (Å²) in [6, 6.07) is 6.24. The third-order valence-corrected chi connectivity index (χ3v) is 3.86. The zero-order chi connectivity index (χ0) is 14.4. The van der Waals surface area contributed by atoms with Crippen molar-refractivity contribution in [3.63, 3.8) is 0 Å². The molecule has 1 heterocycles. The van der Waals surface area contributed by atoms with Gasteiger partial charge >= 0.3 is 0 Å². The quantitative estimate of drug-likeness (QED) is 0.828. The number of hydrogen-bond acceptors (Lipinski definition) is 2. The summed E-state index contributed by atoms with van der Waals surface area (Å²) in [6.45, 7) is 4.23. The van der Waals surface area contributed by atoms with Gasteiger partial charge in [0.1, 0.15) is 11.6 Å². The van der Waals surface area contributed by atoms with Gasteiger partial charge in [-0.2, -0.15) is 0 Å². The van der Waals surface area contributed by atoms with Crippen molar-refractivity contribution < 1.29 is 13.9 Å². The highest BCUT2D eigenvalue weighted by molar-refractivity contribution is 5.75. The van der Waals surface area contributed by atoms with E-state index in [1.807, 2.05) is 11.8 Å². The lowest BCUT2D eigenvalue weighted by molar-refractivity contribution is -0.132. The van der Waals surface area contributed by atoms with E-state index >= 15 is 0 Å². The van der Waals surface area contributed by atoms with Gasteiger partial charge in [-0.25, -0.2) is 4.39 Å². The van der Waals surface area contributed by atoms with Gasteiger partial charge in [0, 0.05) is 25.6 Å². The molecular formula is C16H22FNO2. The Bertz CT molecular complexity index is 442. The first-order valence-corrected chi connectivity index (χ1v) is 7.35. The third-order valence-electron chi connectivity index (χ3n) is 3.86. The molecule has 0 unspecified atom stereocenters. The smallest absolute Gasteiger partial charge is 0.222 e. The van der Waals surface area contributed by atoms with Crippen LogP contribution in [0.25, 0.3) is 0 Å². The maximum absolute atomic E-state index is 13.0. The predicted octanol–water partition coefficient (Wildman–Crippen LogP) is 3.24. The summed E-state index contributed by atoms with van der Waals surface area (Å²) in [5, 5.41) is 0. The van der Waals surface area contributed by atoms with Crippen molar-refractivity contribution in [2.45, 2.75) is 32.6 Å². The monoisotopic (exact) mass is 279 g/mol. The molecule has 4 heteroatoms. The minimum Gasteiger partial charge on any atom is -0.493 e. The van der Waals surface area contributed by atoms with Gasteiger partial charge in [0.25, 0.3) is 0 Å². The number of halogens is 1. The fourth-order valence-electron chi connectivity index (χ4n) is 2.59. The summed E-state index contributed by atoms with van der Waals surface area (Å²) in [5.41, 5.74) is 0. The van der Waals surface area contributed by atoms with E-state index in [1.165, 1.54) is 12.1 Å². The Morgan fingerprint density at radius 2 is 2.15 bits per heavy atom. The molecule has 1 aliphatic rings. The number of carbonyl (C=O) groups excluding carboxylic acids is 1. The minimum atomic E-state index is -0.270. The van der Waals surface area contributed by atoms with Crippen molar-refractivity contribution in [2.75, 3.05) is 19.7 Å². The molecule has 1 aliphatic heterocycles. The van der Waals surface area contributed by atoms with Gasteiger partial charge in [-0.1, -0.05) is 13.0 Å². The zero-order valence-corrected chi connectivity index (χ0v) is 12.0. The fraction of sp³-hybridized carbons (Fsp3) is 0.562. The standard InChI is InChI=1S/C16H22FNO2/c1-2-16(19)18-9-6-13(7-10-18)8-11-20-15-5-3-4-14(17)12-15/h3-5,12-13H,2,6-11H2,1H3. The average Bonchev–Trinajstić information content (AvgIpc) is 2.47. The normalized spacial score (nSPS) is 16.2. The van der Waals surface area contributed by atoms with Gasteiger partial charge in [0.2, 0.25) is 5.91 Å². The summed E-state index contributed by atoms with van der Waals surface area (Å²) in [7, 11) is 0. The van der Waals surface area contributed by atoms with Crippen LogP contribution in [-0.2, 0) is 4.79 Å². The highest BCUT2D eigenvalue weighted by Gasteiger charge is 2.21. The molecule has 0 radical (unpaired) electrons. The lowest BCUT2D eigenvalue weighted by Crippen LogP contribution is -2.38. The number of hydrogen-bond donors (Lipinski definition) is 0. The minimum absolute atomic E-state index is 0.250. The molecule has 0 spiro atoms. The molecule has 0 bridgehead atoms. The van der Waals surface area contributed by atoms with Crippen LogP contribution in [0.15, 0.2) is 24.3 Å². The average molecular weight is 279 g/mol. The second-order valence-electron chi connectivity index (χ2n) is 5.27. The molecule has 1 aromatic carbocycles. The summed E-state index contributed by atoms with van der Waals surface area (Å²) in [4.78, 5) is 13.5. The fourth-order valence-corrected chi connectivity index (χ4v) is 2.59. The Kier molecular flexibility index (Phi) is 5.39. The van der Waals surface area contributed by atoms with Gasteiger partial charge < -0.3 is 9.64 Å². The van der Waals surface area contributed by atoms with Crippen LogP contribution in [0.3, 0.4) is 0 Å². The Hall–Kier alpha value is -1.58. The topological polar surface area (TPSA) is 29.5 Å². The van der Waals surface area contributed by atoms with Gasteiger partial charge in [-0.15, -0.1) is 0 Å². The molecule has 1 amide bonds. The zero-order valence-electron chi connectivity index (χ0n) is 12.0. The Balaban J connectivity index is 1.67. The van der Waals surface area contributed by atoms with Crippen LogP contribution in [-0.4, -0.2) is 30.5 Å². The van der Waals surface area contributed by atoms with E-state index < -0.39 is 0 Å². The summed E-state index contributed by atoms with van der Waals surface area (Å²) in [6.07, 6.45) is 3.63. The summed E-state index contributed by atoms with van der Waals surface area (Å²) < 4.78 is 18.5. The van der Waals surface area contributed by atoms with E-state index in [-0.39, 0.29) is 11.7 Å². The van der Waals surface area contributed by atoms with E-state index in [1.54, 1.807) is 12.1 Å². The van der Waals surface area contributed by atoms with E-state index in [0.29, 0.717) is 24.7 Å². The number of rotatable bonds is 5. The highest BCUT2D eigenvalue weighted by Crippen LogP contribution is 2.21. The van der Waals surface area contributed by atoms with E-state index in [2.05, 4.69) is 0 Å². The first-order valence-electron chi connectivity index (χ1n) is 7.35. The molecule has 0 saturated carbocycles. The number of benzene rings is 1. The number of nitrogens with zero attached hydrogens (tertiary/aromatic N) is 1. The Morgan fingerprint density at radius 1 is 1.40 bits per heavy atom. The molecule has 1 saturated heterocycles. The second kappa shape index (κ2) is 7.27. The molecule has 2 rings (SSSR count). The summed E-state index contributed by atoms with van der Waals surface area (Å²) in [5.74, 6) is 1.17. The Morgan fingerprint density at radius 3 is 2.80 bits per heavy atom. The van der Waals surface area contributed by atoms with Crippen molar-refractivity contribution in [3.05, 3.63) is 30.1 Å². The van der Waals surface area contributed by atoms with E-state index in [4.69, 9.17) is 4.74 Å². The van der Waals surface area contributed by atoms with Gasteiger partial charge in [0.05, 0.1) is 6.61 Å². The predicted molar refractivity (Wildman–Crippen MR) is 76.1 cm³/mol. The molecular weight excluding hydrogens is 257 g/mol. The SMILES string of the molecule is CCC(=O)N1CCC(CCOc2cccc(F)c2)CC1. The number of amides is 1. The molecule has 110 valence electrons. The van der Waals surface area contributed by atoms with Crippen LogP contribution >= 0.6 is 0 Å². The van der Waals surface area contributed by atoms with E-state index in [0.717, 1.165) is 32.4 Å². The van der Waals surface area contributed by atoms with Gasteiger partial charge in [-0.3, -0.25) is 4.79 Å². The largest absolute Gasteiger partial charge is 0.493 e. The van der Waals surface area contributed by atoms with Crippen LogP contribution in [0.1, 0.15) is 32.6 Å². The van der Waals surface area contributed by atoms with Crippen molar-refractivity contribution in [1.29, 1.82) is 0 Å². The molecule has 0 aromatic heterocycles. The number of carbonyl (C=O) groups is 1. The van der Waals surface area contributed by atoms with Crippen LogP contribution in [0, 0.1) is 11.7 Å². The maximum Gasteiger partial charge on any atom is 0.222 e. The molecule has 20 heavy (non-hydrogen) atoms. The van der Waals surface area contributed by atoms with Crippen molar-refractivity contribution in [3.8, 4) is 5.75 Å². The van der Waals surface area contributed by atoms with Crippen LogP contribution in [0.5, 0.6) is 5.75 Å². The van der Waals surface area contributed by atoms with Crippen molar-refractivity contribution in [1.82, 2.24) is 4.90 Å². The third kappa shape index (κ3) is 4.22. The molecule has 0 atom stereocenters. The first-order chi connectivity index (χ1) is 9.69. The first kappa shape index (κ1) is 14.8. The van der Waals surface area contributed by atoms with Gasteiger partial charge in [0.15, 0.2) is 0 Å². The highest BCUT2D eigenvalue weighted by atomic mass is 19.1. The second-order valence-corrected chi connectivity index (χ2v) is 5.27. The van der Waals surface area contributed by atoms with Crippen LogP contribution in [0.2, 0.25) is 0 Å². The molecule has 0 N–H and O–H groups in total. The lowest BCUT2D eigenvalue weighted by Gasteiger charge is -2.31. The molecule has 1 fully saturated rings. The number of ether oxygens (including phenoxy) is 1. The van der Waals surface area contributed by atoms with Crippen LogP contribution < -0.4 is 4.74 Å². The Labute approximate surface area is 119 Å². The number of likely N-dealkylation sites (tertiary alicyclic amines) is 1. The van der Waals surface area contributed by atoms with Crippen molar-refractivity contribution in [2.24, 2.45) is 5.92 Å². The van der Waals surface area contributed by atoms with Gasteiger partial charge in [-0.05, 0) is 37.3 Å². The lowest BCUT2D eigenvalue weighted by atomic mass is 9.94. The molecule has 0 aliphatic carbocycles. The van der Waals surface area contributed by atoms with Crippen LogP contribution in [0.4, 0.5) is 4.39 Å². The molecule has 1 aromatic rings. The number of piperidine rings is 1. The maximum atomic E-state index is 13.0. The van der Waals surface area contributed by atoms with E-state index in [9.17, 15) is 9.18 Å².